The summed E-state index contributed by atoms with van der Waals surface area (Å²) < 4.78 is 1.66. The van der Waals surface area contributed by atoms with E-state index in [-0.39, 0.29) is 5.56 Å². The van der Waals surface area contributed by atoms with Gasteiger partial charge in [-0.1, -0.05) is 0 Å². The molecule has 1 aliphatic rings. The van der Waals surface area contributed by atoms with E-state index in [2.05, 4.69) is 5.10 Å². The van der Waals surface area contributed by atoms with Crippen LogP contribution in [0.1, 0.15) is 41.4 Å². The van der Waals surface area contributed by atoms with Gasteiger partial charge in [-0.25, -0.2) is 9.48 Å². The highest BCUT2D eigenvalue weighted by atomic mass is 16.4. The smallest absolute Gasteiger partial charge is 0.341 e. The van der Waals surface area contributed by atoms with Crippen molar-refractivity contribution in [2.45, 2.75) is 32.2 Å². The summed E-state index contributed by atoms with van der Waals surface area (Å²) in [6, 6.07) is 0.307. The van der Waals surface area contributed by atoms with E-state index in [1.807, 2.05) is 0 Å². The predicted octanol–water partition coefficient (Wildman–Crippen LogP) is 1.20. The molecule has 1 saturated carbocycles. The first-order valence-corrected chi connectivity index (χ1v) is 4.69. The Hall–Kier alpha value is -1.52. The number of nitrogens with two attached hydrogens (primary N) is 1. The zero-order valence-electron chi connectivity index (χ0n) is 8.03. The Morgan fingerprint density at radius 2 is 2.29 bits per heavy atom. The van der Waals surface area contributed by atoms with E-state index in [0.29, 0.717) is 17.6 Å². The molecule has 1 heterocycles. The van der Waals surface area contributed by atoms with E-state index in [9.17, 15) is 4.79 Å². The molecule has 5 nitrogen and oxygen atoms in total. The standard InChI is InChI=1S/C9H13N3O2/c1-5-7(9(13)14)8(10)12(11-5)6-3-2-4-6/h6H,2-4,10H2,1H3,(H,13,14). The van der Waals surface area contributed by atoms with Gasteiger partial charge in [0.1, 0.15) is 11.4 Å². The normalized spacial score (nSPS) is 16.6. The van der Waals surface area contributed by atoms with Gasteiger partial charge in [0.15, 0.2) is 0 Å². The van der Waals surface area contributed by atoms with Crippen molar-refractivity contribution < 1.29 is 9.90 Å². The van der Waals surface area contributed by atoms with Gasteiger partial charge >= 0.3 is 5.97 Å². The lowest BCUT2D eigenvalue weighted by atomic mass is 9.93. The molecule has 2 rings (SSSR count). The molecule has 0 aromatic carbocycles. The van der Waals surface area contributed by atoms with Gasteiger partial charge < -0.3 is 10.8 Å². The molecule has 1 aromatic rings. The molecule has 0 unspecified atom stereocenters. The van der Waals surface area contributed by atoms with Crippen molar-refractivity contribution in [1.82, 2.24) is 9.78 Å². The van der Waals surface area contributed by atoms with Gasteiger partial charge in [0.05, 0.1) is 11.7 Å². The third-order valence-corrected chi connectivity index (χ3v) is 2.76. The van der Waals surface area contributed by atoms with Crippen LogP contribution in [0.15, 0.2) is 0 Å². The second kappa shape index (κ2) is 3.01. The number of hydrogen-bond acceptors (Lipinski definition) is 3. The molecule has 0 atom stereocenters. The van der Waals surface area contributed by atoms with Gasteiger partial charge in [0.25, 0.3) is 0 Å². The monoisotopic (exact) mass is 195 g/mol. The minimum Gasteiger partial charge on any atom is -0.477 e. The highest BCUT2D eigenvalue weighted by molar-refractivity contribution is 5.94. The Morgan fingerprint density at radius 3 is 2.64 bits per heavy atom. The van der Waals surface area contributed by atoms with E-state index in [0.717, 1.165) is 12.8 Å². The predicted molar refractivity (Wildman–Crippen MR) is 51.2 cm³/mol. The van der Waals surface area contributed by atoms with Crippen molar-refractivity contribution in [3.05, 3.63) is 11.3 Å². The van der Waals surface area contributed by atoms with Gasteiger partial charge in [0, 0.05) is 0 Å². The van der Waals surface area contributed by atoms with Gasteiger partial charge in [0.2, 0.25) is 0 Å². The lowest BCUT2D eigenvalue weighted by molar-refractivity contribution is 0.0697. The molecule has 1 aromatic heterocycles. The number of hydrogen-bond donors (Lipinski definition) is 2. The molecule has 0 saturated heterocycles. The lowest BCUT2D eigenvalue weighted by Crippen LogP contribution is -2.20. The molecule has 5 heteroatoms. The summed E-state index contributed by atoms with van der Waals surface area (Å²) in [6.45, 7) is 1.68. The Labute approximate surface area is 81.5 Å². The zero-order chi connectivity index (χ0) is 10.3. The summed E-state index contributed by atoms with van der Waals surface area (Å²) in [5.41, 5.74) is 6.39. The third-order valence-electron chi connectivity index (χ3n) is 2.76. The second-order valence-electron chi connectivity index (χ2n) is 3.68. The van der Waals surface area contributed by atoms with Gasteiger partial charge in [-0.05, 0) is 26.2 Å². The van der Waals surface area contributed by atoms with E-state index in [1.54, 1.807) is 11.6 Å². The van der Waals surface area contributed by atoms with E-state index in [4.69, 9.17) is 10.8 Å². The molecule has 0 radical (unpaired) electrons. The number of rotatable bonds is 2. The molecule has 0 spiro atoms. The minimum atomic E-state index is -0.995. The van der Waals surface area contributed by atoms with Crippen LogP contribution in [0.5, 0.6) is 0 Å². The number of anilines is 1. The molecule has 3 N–H and O–H groups in total. The van der Waals surface area contributed by atoms with Crippen molar-refractivity contribution in [3.8, 4) is 0 Å². The van der Waals surface area contributed by atoms with Crippen molar-refractivity contribution in [3.63, 3.8) is 0 Å². The number of carbonyl (C=O) groups is 1. The van der Waals surface area contributed by atoms with Gasteiger partial charge in [-0.3, -0.25) is 0 Å². The average Bonchev–Trinajstić information content (AvgIpc) is 2.23. The summed E-state index contributed by atoms with van der Waals surface area (Å²) >= 11 is 0. The molecule has 1 fully saturated rings. The topological polar surface area (TPSA) is 81.1 Å². The average molecular weight is 195 g/mol. The quantitative estimate of drug-likeness (QED) is 0.742. The molecular weight excluding hydrogens is 182 g/mol. The minimum absolute atomic E-state index is 0.150. The second-order valence-corrected chi connectivity index (χ2v) is 3.68. The number of nitrogens with zero attached hydrogens (tertiary/aromatic N) is 2. The Balaban J connectivity index is 2.42. The number of aromatic carboxylic acids is 1. The molecule has 0 aliphatic heterocycles. The van der Waals surface area contributed by atoms with Crippen molar-refractivity contribution in [1.29, 1.82) is 0 Å². The largest absolute Gasteiger partial charge is 0.477 e. The van der Waals surface area contributed by atoms with E-state index >= 15 is 0 Å². The lowest BCUT2D eigenvalue weighted by Gasteiger charge is -2.26. The first kappa shape index (κ1) is 9.05. The Morgan fingerprint density at radius 1 is 1.64 bits per heavy atom. The van der Waals surface area contributed by atoms with Gasteiger partial charge in [-0.15, -0.1) is 0 Å². The van der Waals surface area contributed by atoms with Crippen LogP contribution in [0, 0.1) is 6.92 Å². The van der Waals surface area contributed by atoms with Crippen LogP contribution >= 0.6 is 0 Å². The fraction of sp³-hybridized carbons (Fsp3) is 0.556. The molecule has 1 aliphatic carbocycles. The van der Waals surface area contributed by atoms with Crippen molar-refractivity contribution >= 4 is 11.8 Å². The van der Waals surface area contributed by atoms with Crippen LogP contribution in [-0.4, -0.2) is 20.9 Å². The number of aromatic nitrogens is 2. The summed E-state index contributed by atoms with van der Waals surface area (Å²) in [7, 11) is 0. The number of nitrogen functional groups attached to an aromatic ring is 1. The SMILES string of the molecule is Cc1nn(C2CCC2)c(N)c1C(=O)O. The zero-order valence-corrected chi connectivity index (χ0v) is 8.03. The van der Waals surface area contributed by atoms with E-state index < -0.39 is 5.97 Å². The van der Waals surface area contributed by atoms with Crippen LogP contribution in [0.4, 0.5) is 5.82 Å². The molecule has 14 heavy (non-hydrogen) atoms. The van der Waals surface area contributed by atoms with Crippen LogP contribution in [-0.2, 0) is 0 Å². The van der Waals surface area contributed by atoms with Crippen LogP contribution in [0.25, 0.3) is 0 Å². The maximum Gasteiger partial charge on any atom is 0.341 e. The highest BCUT2D eigenvalue weighted by Gasteiger charge is 2.26. The highest BCUT2D eigenvalue weighted by Crippen LogP contribution is 2.34. The first-order valence-electron chi connectivity index (χ1n) is 4.69. The van der Waals surface area contributed by atoms with Gasteiger partial charge in [-0.2, -0.15) is 5.10 Å². The fourth-order valence-corrected chi connectivity index (χ4v) is 1.74. The fourth-order valence-electron chi connectivity index (χ4n) is 1.74. The summed E-state index contributed by atoms with van der Waals surface area (Å²) in [4.78, 5) is 10.9. The summed E-state index contributed by atoms with van der Waals surface area (Å²) in [5.74, 6) is -0.703. The van der Waals surface area contributed by atoms with E-state index in [1.165, 1.54) is 6.42 Å². The van der Waals surface area contributed by atoms with Crippen molar-refractivity contribution in [2.24, 2.45) is 0 Å². The molecule has 0 amide bonds. The molecule has 76 valence electrons. The Kier molecular flexibility index (Phi) is 1.94. The Bertz CT molecular complexity index is 380. The molecule has 0 bridgehead atoms. The van der Waals surface area contributed by atoms with Crippen LogP contribution in [0.3, 0.4) is 0 Å². The van der Waals surface area contributed by atoms with Crippen LogP contribution < -0.4 is 5.73 Å². The molecular formula is C9H13N3O2. The number of carboxylic acid groups (broad SMARTS) is 1. The van der Waals surface area contributed by atoms with Crippen LogP contribution in [0.2, 0.25) is 0 Å². The number of aryl methyl sites for hydroxylation is 1. The number of carboxylic acids is 1. The van der Waals surface area contributed by atoms with Crippen molar-refractivity contribution in [2.75, 3.05) is 5.73 Å². The summed E-state index contributed by atoms with van der Waals surface area (Å²) in [5, 5.41) is 13.1. The maximum absolute atomic E-state index is 10.9. The third kappa shape index (κ3) is 1.16. The maximum atomic E-state index is 10.9. The summed E-state index contributed by atoms with van der Waals surface area (Å²) in [6.07, 6.45) is 3.26. The first-order chi connectivity index (χ1) is 6.61.